The van der Waals surface area contributed by atoms with E-state index in [1.807, 2.05) is 30.3 Å². The zero-order valence-corrected chi connectivity index (χ0v) is 15.6. The first-order chi connectivity index (χ1) is 12.8. The van der Waals surface area contributed by atoms with Crippen LogP contribution in [0.15, 0.2) is 30.3 Å². The molecule has 0 aromatic heterocycles. The summed E-state index contributed by atoms with van der Waals surface area (Å²) in [4.78, 5) is 4.73. The van der Waals surface area contributed by atoms with Gasteiger partial charge in [0.05, 0.1) is 25.4 Å². The van der Waals surface area contributed by atoms with E-state index in [4.69, 9.17) is 14.2 Å². The molecule has 1 aromatic rings. The Morgan fingerprint density at radius 2 is 1.88 bits per heavy atom. The van der Waals surface area contributed by atoms with Crippen molar-refractivity contribution in [3.63, 3.8) is 0 Å². The van der Waals surface area contributed by atoms with Gasteiger partial charge in [-0.1, -0.05) is 18.2 Å². The molecule has 2 aliphatic rings. The lowest BCUT2D eigenvalue weighted by atomic mass is 10.2. The van der Waals surface area contributed by atoms with Gasteiger partial charge in [-0.2, -0.15) is 0 Å². The van der Waals surface area contributed by atoms with Gasteiger partial charge >= 0.3 is 0 Å². The van der Waals surface area contributed by atoms with Gasteiger partial charge in [0.15, 0.2) is 0 Å². The van der Waals surface area contributed by atoms with Gasteiger partial charge in [-0.25, -0.2) is 0 Å². The number of aliphatic hydroxyl groups is 1. The molecule has 0 saturated carbocycles. The van der Waals surface area contributed by atoms with E-state index in [1.165, 1.54) is 0 Å². The fourth-order valence-electron chi connectivity index (χ4n) is 3.47. The fourth-order valence-corrected chi connectivity index (χ4v) is 3.47. The second-order valence-electron chi connectivity index (χ2n) is 7.13. The molecule has 0 amide bonds. The summed E-state index contributed by atoms with van der Waals surface area (Å²) in [5.41, 5.74) is 0. The number of hydrogen-bond acceptors (Lipinski definition) is 6. The molecule has 2 saturated heterocycles. The Balaban J connectivity index is 1.22. The molecule has 0 radical (unpaired) electrons. The summed E-state index contributed by atoms with van der Waals surface area (Å²) in [6.07, 6.45) is 2.00. The number of nitrogens with zero attached hydrogens (tertiary/aromatic N) is 2. The Bertz CT molecular complexity index is 488. The fraction of sp³-hybridized carbons (Fsp3) is 0.700. The molecule has 146 valence electrons. The first-order valence-electron chi connectivity index (χ1n) is 9.79. The number of hydrogen-bond donors (Lipinski definition) is 1. The lowest BCUT2D eigenvalue weighted by Gasteiger charge is -2.35. The molecule has 2 fully saturated rings. The minimum Gasteiger partial charge on any atom is -0.492 e. The molecule has 0 aliphatic carbocycles. The number of rotatable bonds is 10. The minimum absolute atomic E-state index is 0.226. The second kappa shape index (κ2) is 10.8. The van der Waals surface area contributed by atoms with Gasteiger partial charge in [0.25, 0.3) is 0 Å². The highest BCUT2D eigenvalue weighted by molar-refractivity contribution is 5.20. The molecule has 1 aromatic carbocycles. The van der Waals surface area contributed by atoms with E-state index in [9.17, 15) is 5.11 Å². The average molecular weight is 364 g/mol. The van der Waals surface area contributed by atoms with Crippen molar-refractivity contribution in [2.24, 2.45) is 0 Å². The van der Waals surface area contributed by atoms with E-state index in [0.29, 0.717) is 26.4 Å². The van der Waals surface area contributed by atoms with E-state index in [-0.39, 0.29) is 6.10 Å². The summed E-state index contributed by atoms with van der Waals surface area (Å²) < 4.78 is 16.9. The molecular weight excluding hydrogens is 332 g/mol. The average Bonchev–Trinajstić information content (AvgIpc) is 3.18. The van der Waals surface area contributed by atoms with Crippen LogP contribution in [-0.2, 0) is 9.47 Å². The first kappa shape index (κ1) is 19.6. The van der Waals surface area contributed by atoms with Gasteiger partial charge in [0, 0.05) is 45.9 Å². The van der Waals surface area contributed by atoms with Gasteiger partial charge in [-0.3, -0.25) is 9.80 Å². The highest BCUT2D eigenvalue weighted by Gasteiger charge is 2.20. The number of para-hydroxylation sites is 1. The summed E-state index contributed by atoms with van der Waals surface area (Å²) in [5, 5.41) is 10.2. The molecule has 0 spiro atoms. The van der Waals surface area contributed by atoms with Crippen LogP contribution in [0.25, 0.3) is 0 Å². The summed E-state index contributed by atoms with van der Waals surface area (Å²) in [6, 6.07) is 9.95. The number of β-amino-alcohol motifs (C(OH)–C–C–N with tert-alkyl or cyclic N) is 1. The molecule has 26 heavy (non-hydrogen) atoms. The van der Waals surface area contributed by atoms with E-state index in [2.05, 4.69) is 9.80 Å². The van der Waals surface area contributed by atoms with Crippen LogP contribution in [0.2, 0.25) is 0 Å². The molecule has 2 unspecified atom stereocenters. The normalized spacial score (nSPS) is 23.2. The molecule has 2 atom stereocenters. The maximum Gasteiger partial charge on any atom is 0.119 e. The van der Waals surface area contributed by atoms with Gasteiger partial charge in [-0.05, 0) is 25.0 Å². The van der Waals surface area contributed by atoms with E-state index in [0.717, 1.165) is 57.9 Å². The topological polar surface area (TPSA) is 54.4 Å². The van der Waals surface area contributed by atoms with Crippen LogP contribution >= 0.6 is 0 Å². The summed E-state index contributed by atoms with van der Waals surface area (Å²) >= 11 is 0. The first-order valence-corrected chi connectivity index (χ1v) is 9.79. The van der Waals surface area contributed by atoms with Crippen LogP contribution in [0.4, 0.5) is 0 Å². The number of benzene rings is 1. The largest absolute Gasteiger partial charge is 0.492 e. The van der Waals surface area contributed by atoms with E-state index >= 15 is 0 Å². The number of piperazine rings is 1. The Labute approximate surface area is 156 Å². The van der Waals surface area contributed by atoms with Crippen LogP contribution in [0.1, 0.15) is 12.8 Å². The van der Waals surface area contributed by atoms with Crippen LogP contribution < -0.4 is 4.74 Å². The van der Waals surface area contributed by atoms with Crippen molar-refractivity contribution in [2.75, 3.05) is 65.7 Å². The third kappa shape index (κ3) is 6.85. The maximum atomic E-state index is 10.2. The minimum atomic E-state index is -0.427. The molecule has 2 aliphatic heterocycles. The monoisotopic (exact) mass is 364 g/mol. The smallest absolute Gasteiger partial charge is 0.119 e. The highest BCUT2D eigenvalue weighted by atomic mass is 16.5. The SMILES string of the molecule is OC(COCC1CCCO1)CN1CCN(CCOc2ccccc2)CC1. The molecule has 0 bridgehead atoms. The molecular formula is C20H32N2O4. The van der Waals surface area contributed by atoms with Gasteiger partial charge in [-0.15, -0.1) is 0 Å². The van der Waals surface area contributed by atoms with Crippen LogP contribution in [0.5, 0.6) is 5.75 Å². The zero-order chi connectivity index (χ0) is 18.0. The number of aliphatic hydroxyl groups excluding tert-OH is 1. The number of ether oxygens (including phenoxy) is 3. The Hall–Kier alpha value is -1.18. The Morgan fingerprint density at radius 1 is 1.12 bits per heavy atom. The van der Waals surface area contributed by atoms with Crippen molar-refractivity contribution in [2.45, 2.75) is 25.0 Å². The second-order valence-corrected chi connectivity index (χ2v) is 7.13. The van der Waals surface area contributed by atoms with Crippen molar-refractivity contribution in [3.05, 3.63) is 30.3 Å². The molecule has 6 heteroatoms. The standard InChI is InChI=1S/C20H32N2O4/c23-18(16-24-17-20-7-4-13-25-20)15-22-10-8-21(9-11-22)12-14-26-19-5-2-1-3-6-19/h1-3,5-6,18,20,23H,4,7-17H2. The van der Waals surface area contributed by atoms with Crippen LogP contribution in [0.3, 0.4) is 0 Å². The predicted octanol–water partition coefficient (Wildman–Crippen LogP) is 1.24. The highest BCUT2D eigenvalue weighted by Crippen LogP contribution is 2.12. The van der Waals surface area contributed by atoms with Crippen molar-refractivity contribution in [3.8, 4) is 5.75 Å². The third-order valence-corrected chi connectivity index (χ3v) is 4.99. The van der Waals surface area contributed by atoms with Crippen molar-refractivity contribution in [1.82, 2.24) is 9.80 Å². The van der Waals surface area contributed by atoms with Crippen molar-refractivity contribution in [1.29, 1.82) is 0 Å². The van der Waals surface area contributed by atoms with E-state index in [1.54, 1.807) is 0 Å². The lowest BCUT2D eigenvalue weighted by Crippen LogP contribution is -2.49. The van der Waals surface area contributed by atoms with Gasteiger partial charge in [0.1, 0.15) is 12.4 Å². The Kier molecular flexibility index (Phi) is 8.17. The Morgan fingerprint density at radius 3 is 2.62 bits per heavy atom. The van der Waals surface area contributed by atoms with Gasteiger partial charge < -0.3 is 19.3 Å². The third-order valence-electron chi connectivity index (χ3n) is 4.99. The van der Waals surface area contributed by atoms with Crippen LogP contribution in [-0.4, -0.2) is 92.8 Å². The molecule has 1 N–H and O–H groups in total. The van der Waals surface area contributed by atoms with E-state index < -0.39 is 6.10 Å². The molecule has 3 rings (SSSR count). The predicted molar refractivity (Wildman–Crippen MR) is 101 cm³/mol. The maximum absolute atomic E-state index is 10.2. The lowest BCUT2D eigenvalue weighted by molar-refractivity contribution is -0.0287. The zero-order valence-electron chi connectivity index (χ0n) is 15.6. The molecule has 2 heterocycles. The van der Waals surface area contributed by atoms with Gasteiger partial charge in [0.2, 0.25) is 0 Å². The summed E-state index contributed by atoms with van der Waals surface area (Å²) in [5.74, 6) is 0.928. The van der Waals surface area contributed by atoms with Crippen LogP contribution in [0, 0.1) is 0 Å². The molecule has 6 nitrogen and oxygen atoms in total. The summed E-state index contributed by atoms with van der Waals surface area (Å²) in [7, 11) is 0. The van der Waals surface area contributed by atoms with Crippen molar-refractivity contribution >= 4 is 0 Å². The quantitative estimate of drug-likeness (QED) is 0.674. The summed E-state index contributed by atoms with van der Waals surface area (Å²) in [6.45, 7) is 8.17. The van der Waals surface area contributed by atoms with Crippen molar-refractivity contribution < 1.29 is 19.3 Å².